The second-order valence-electron chi connectivity index (χ2n) is 9.11. The van der Waals surface area contributed by atoms with Gasteiger partial charge in [0.1, 0.15) is 11.5 Å². The van der Waals surface area contributed by atoms with Crippen LogP contribution in [-0.2, 0) is 16.0 Å². The molecule has 0 aliphatic heterocycles. The molecule has 0 radical (unpaired) electrons. The molecule has 0 spiro atoms. The van der Waals surface area contributed by atoms with Gasteiger partial charge in [0.05, 0.1) is 15.6 Å². The van der Waals surface area contributed by atoms with Gasteiger partial charge in [-0.25, -0.2) is 18.4 Å². The molecule has 2 aromatic heterocycles. The lowest BCUT2D eigenvalue weighted by atomic mass is 9.98. The van der Waals surface area contributed by atoms with Crippen LogP contribution in [0.4, 0.5) is 13.2 Å². The zero-order valence-corrected chi connectivity index (χ0v) is 23.5. The molecule has 0 bridgehead atoms. The number of hydrogen-bond donors (Lipinski definition) is 0. The summed E-state index contributed by atoms with van der Waals surface area (Å²) in [5.41, 5.74) is 1.71. The Morgan fingerprint density at radius 1 is 0.900 bits per heavy atom. The molecule has 0 unspecified atom stereocenters. The maximum atomic E-state index is 13.5. The van der Waals surface area contributed by atoms with Gasteiger partial charge in [0.15, 0.2) is 27.2 Å². The Morgan fingerprint density at radius 2 is 1.62 bits per heavy atom. The van der Waals surface area contributed by atoms with Gasteiger partial charge >= 0.3 is 6.18 Å². The first-order valence-electron chi connectivity index (χ1n) is 11.7. The zero-order chi connectivity index (χ0) is 29.0. The van der Waals surface area contributed by atoms with E-state index in [1.165, 1.54) is 23.6 Å². The average molecular weight is 606 g/mol. The summed E-state index contributed by atoms with van der Waals surface area (Å²) in [6.45, 7) is 3.10. The minimum Gasteiger partial charge on any atom is -0.440 e. The molecule has 5 aromatic rings. The summed E-state index contributed by atoms with van der Waals surface area (Å²) in [6.07, 6.45) is -2.62. The number of hydrogen-bond acceptors (Lipinski definition) is 5. The molecule has 12 heteroatoms. The van der Waals surface area contributed by atoms with E-state index >= 15 is 0 Å². The number of aromatic nitrogens is 3. The first-order valence-corrected chi connectivity index (χ1v) is 14.4. The molecule has 0 N–H and O–H groups in total. The van der Waals surface area contributed by atoms with E-state index < -0.39 is 21.7 Å². The van der Waals surface area contributed by atoms with E-state index in [0.717, 1.165) is 12.5 Å². The molecule has 3 aromatic carbocycles. The van der Waals surface area contributed by atoms with Crippen molar-refractivity contribution in [2.45, 2.75) is 24.9 Å². The zero-order valence-electron chi connectivity index (χ0n) is 21.2. The van der Waals surface area contributed by atoms with E-state index in [2.05, 4.69) is 9.97 Å². The van der Waals surface area contributed by atoms with E-state index in [4.69, 9.17) is 27.6 Å². The largest absolute Gasteiger partial charge is 0.440 e. The predicted octanol–water partition coefficient (Wildman–Crippen LogP) is 8.21. The highest BCUT2D eigenvalue weighted by Crippen LogP contribution is 2.42. The molecule has 0 saturated carbocycles. The highest BCUT2D eigenvalue weighted by Gasteiger charge is 2.35. The molecule has 0 aliphatic carbocycles. The lowest BCUT2D eigenvalue weighted by Gasteiger charge is -2.14. The molecule has 0 saturated heterocycles. The Kier molecular flexibility index (Phi) is 7.06. The van der Waals surface area contributed by atoms with Crippen molar-refractivity contribution in [1.29, 1.82) is 0 Å². The summed E-state index contributed by atoms with van der Waals surface area (Å²) >= 11 is 12.6. The number of nitrogens with zero attached hydrogens (tertiary/aromatic N) is 3. The lowest BCUT2D eigenvalue weighted by molar-refractivity contribution is -0.141. The summed E-state index contributed by atoms with van der Waals surface area (Å²) in [4.78, 5) is 8.41. The van der Waals surface area contributed by atoms with Gasteiger partial charge < -0.3 is 8.98 Å². The fourth-order valence-corrected chi connectivity index (χ4v) is 5.50. The van der Waals surface area contributed by atoms with Crippen LogP contribution in [0.25, 0.3) is 39.4 Å². The summed E-state index contributed by atoms with van der Waals surface area (Å²) in [6, 6.07) is 16.3. The van der Waals surface area contributed by atoms with Gasteiger partial charge in [0.2, 0.25) is 0 Å². The number of imidazole rings is 1. The molecule has 2 heterocycles. The second-order valence-corrected chi connectivity index (χ2v) is 12.0. The first kappa shape index (κ1) is 27.9. The van der Waals surface area contributed by atoms with Crippen molar-refractivity contribution < 1.29 is 26.0 Å². The van der Waals surface area contributed by atoms with Gasteiger partial charge in [-0.15, -0.1) is 0 Å². The van der Waals surface area contributed by atoms with Crippen molar-refractivity contribution in [3.8, 4) is 39.4 Å². The Balaban J connectivity index is 1.79. The third kappa shape index (κ3) is 5.39. The molecule has 0 atom stereocenters. The van der Waals surface area contributed by atoms with E-state index in [9.17, 15) is 21.6 Å². The number of halogens is 5. The minimum atomic E-state index is -4.64. The number of benzene rings is 3. The molecule has 0 fully saturated rings. The quantitative estimate of drug-likeness (QED) is 0.202. The van der Waals surface area contributed by atoms with Crippen LogP contribution in [-0.4, -0.2) is 29.2 Å². The summed E-state index contributed by atoms with van der Waals surface area (Å²) in [5.74, 6) is 0.688. The lowest BCUT2D eigenvalue weighted by Crippen LogP contribution is -2.05. The van der Waals surface area contributed by atoms with Crippen LogP contribution in [0.2, 0.25) is 10.0 Å². The van der Waals surface area contributed by atoms with Crippen molar-refractivity contribution in [2.24, 2.45) is 0 Å². The van der Waals surface area contributed by atoms with Gasteiger partial charge in [-0.2, -0.15) is 13.2 Å². The molecule has 0 aliphatic rings. The fraction of sp³-hybridized carbons (Fsp3) is 0.143. The highest BCUT2D eigenvalue weighted by atomic mass is 35.5. The molecular formula is C28H20Cl2F3N3O3S. The van der Waals surface area contributed by atoms with Crippen LogP contribution in [0, 0.1) is 13.8 Å². The van der Waals surface area contributed by atoms with Crippen LogP contribution in [0.3, 0.4) is 0 Å². The van der Waals surface area contributed by atoms with Crippen LogP contribution >= 0.6 is 23.2 Å². The number of aryl methyl sites for hydroxylation is 2. The summed E-state index contributed by atoms with van der Waals surface area (Å²) in [7, 11) is -3.48. The highest BCUT2D eigenvalue weighted by molar-refractivity contribution is 7.90. The van der Waals surface area contributed by atoms with E-state index in [-0.39, 0.29) is 16.5 Å². The van der Waals surface area contributed by atoms with Crippen molar-refractivity contribution in [2.75, 3.05) is 6.26 Å². The summed E-state index contributed by atoms with van der Waals surface area (Å²) in [5, 5.41) is 0.704. The molecule has 6 nitrogen and oxygen atoms in total. The summed E-state index contributed by atoms with van der Waals surface area (Å²) < 4.78 is 72.2. The molecular weight excluding hydrogens is 586 g/mol. The number of alkyl halides is 3. The number of sulfone groups is 1. The van der Waals surface area contributed by atoms with Gasteiger partial charge in [0, 0.05) is 35.5 Å². The standard InChI is InChI=1S/C28H20Cl2F3N3O3S/c1-15-34-25(28(31,32)33)14-36(15)24-10-7-18(17-5-4-6-20(11-17)40(3,37)38)12-22(24)26-27(39-16(2)35-26)21-9-8-19(29)13-23(21)30/h4-14H,1-3H3. The Labute approximate surface area is 238 Å². The third-order valence-electron chi connectivity index (χ3n) is 6.19. The molecule has 0 amide bonds. The van der Waals surface area contributed by atoms with Gasteiger partial charge in [-0.05, 0) is 60.5 Å². The second kappa shape index (κ2) is 10.1. The molecule has 206 valence electrons. The van der Waals surface area contributed by atoms with Gasteiger partial charge in [0.25, 0.3) is 0 Å². The first-order chi connectivity index (χ1) is 18.7. The minimum absolute atomic E-state index is 0.103. The molecule has 5 rings (SSSR count). The Morgan fingerprint density at radius 3 is 2.27 bits per heavy atom. The monoisotopic (exact) mass is 605 g/mol. The van der Waals surface area contributed by atoms with Gasteiger partial charge in [-0.3, -0.25) is 0 Å². The number of rotatable bonds is 5. The van der Waals surface area contributed by atoms with E-state index in [1.807, 2.05) is 0 Å². The maximum Gasteiger partial charge on any atom is 0.434 e. The van der Waals surface area contributed by atoms with Crippen molar-refractivity contribution in [3.05, 3.63) is 94.3 Å². The van der Waals surface area contributed by atoms with Crippen LogP contribution in [0.1, 0.15) is 17.4 Å². The predicted molar refractivity (Wildman–Crippen MR) is 148 cm³/mol. The smallest absolute Gasteiger partial charge is 0.434 e. The maximum absolute atomic E-state index is 13.5. The van der Waals surface area contributed by atoms with Gasteiger partial charge in [-0.1, -0.05) is 41.4 Å². The topological polar surface area (TPSA) is 78.0 Å². The Hall–Kier alpha value is -3.60. The van der Waals surface area contributed by atoms with Crippen LogP contribution in [0.15, 0.2) is 76.2 Å². The average Bonchev–Trinajstić information content (AvgIpc) is 3.46. The van der Waals surface area contributed by atoms with Crippen LogP contribution in [0.5, 0.6) is 0 Å². The van der Waals surface area contributed by atoms with Crippen LogP contribution < -0.4 is 0 Å². The number of oxazole rings is 1. The normalized spacial score (nSPS) is 12.2. The molecule has 40 heavy (non-hydrogen) atoms. The van der Waals surface area contributed by atoms with Crippen molar-refractivity contribution >= 4 is 33.0 Å². The third-order valence-corrected chi connectivity index (χ3v) is 7.85. The SMILES string of the molecule is Cc1nc(-c2cc(-c3cccc(S(C)(=O)=O)c3)ccc2-n2cc(C(F)(F)F)nc2C)c(-c2ccc(Cl)cc2Cl)o1. The van der Waals surface area contributed by atoms with E-state index in [1.54, 1.807) is 55.5 Å². The fourth-order valence-electron chi connectivity index (χ4n) is 4.34. The van der Waals surface area contributed by atoms with E-state index in [0.29, 0.717) is 49.6 Å². The van der Waals surface area contributed by atoms with Crippen molar-refractivity contribution in [3.63, 3.8) is 0 Å². The Bertz CT molecular complexity index is 1880. The van der Waals surface area contributed by atoms with Crippen molar-refractivity contribution in [1.82, 2.24) is 14.5 Å².